The highest BCUT2D eigenvalue weighted by Gasteiger charge is 2.07. The summed E-state index contributed by atoms with van der Waals surface area (Å²) >= 11 is 0. The van der Waals surface area contributed by atoms with Crippen LogP contribution in [0.2, 0.25) is 0 Å². The molecule has 0 aliphatic heterocycles. The van der Waals surface area contributed by atoms with E-state index in [9.17, 15) is 0 Å². The molecule has 0 aliphatic rings. The Balaban J connectivity index is 2.55. The van der Waals surface area contributed by atoms with Crippen molar-refractivity contribution in [2.45, 2.75) is 32.2 Å². The Bertz CT molecular complexity index is 306. The molecule has 0 aliphatic carbocycles. The predicted molar refractivity (Wildman–Crippen MR) is 64.6 cm³/mol. The Morgan fingerprint density at radius 2 is 2.38 bits per heavy atom. The molecular formula is C11H20N4O. The van der Waals surface area contributed by atoms with E-state index in [-0.39, 0.29) is 6.04 Å². The van der Waals surface area contributed by atoms with E-state index in [4.69, 9.17) is 10.5 Å². The third-order valence-corrected chi connectivity index (χ3v) is 2.36. The van der Waals surface area contributed by atoms with Crippen molar-refractivity contribution in [2.75, 3.05) is 19.0 Å². The first-order valence-electron chi connectivity index (χ1n) is 5.63. The summed E-state index contributed by atoms with van der Waals surface area (Å²) < 4.78 is 5.03. The summed E-state index contributed by atoms with van der Waals surface area (Å²) in [6.45, 7) is 2.75. The summed E-state index contributed by atoms with van der Waals surface area (Å²) in [6, 6.07) is 1.95. The van der Waals surface area contributed by atoms with Crippen LogP contribution in [0.15, 0.2) is 12.3 Å². The fraction of sp³-hybridized carbons (Fsp3) is 0.636. The lowest BCUT2D eigenvalue weighted by molar-refractivity contribution is 0.397. The average molecular weight is 224 g/mol. The third-order valence-electron chi connectivity index (χ3n) is 2.36. The number of hydrogen-bond donors (Lipinski definition) is 2. The molecule has 3 N–H and O–H groups in total. The largest absolute Gasteiger partial charge is 0.481 e. The van der Waals surface area contributed by atoms with Crippen LogP contribution in [-0.4, -0.2) is 29.7 Å². The molecule has 0 fully saturated rings. The SMILES string of the molecule is CCCCC(CN)Nc1nccc(OC)n1. The van der Waals surface area contributed by atoms with Gasteiger partial charge in [-0.2, -0.15) is 4.98 Å². The molecule has 0 saturated heterocycles. The Kier molecular flexibility index (Phi) is 5.56. The first-order valence-corrected chi connectivity index (χ1v) is 5.63. The Hall–Kier alpha value is -1.36. The maximum Gasteiger partial charge on any atom is 0.226 e. The van der Waals surface area contributed by atoms with Crippen molar-refractivity contribution >= 4 is 5.95 Å². The van der Waals surface area contributed by atoms with Crippen molar-refractivity contribution in [3.05, 3.63) is 12.3 Å². The number of hydrogen-bond acceptors (Lipinski definition) is 5. The zero-order valence-electron chi connectivity index (χ0n) is 9.94. The number of methoxy groups -OCH3 is 1. The lowest BCUT2D eigenvalue weighted by Crippen LogP contribution is -2.29. The zero-order valence-corrected chi connectivity index (χ0v) is 9.94. The van der Waals surface area contributed by atoms with Gasteiger partial charge in [0.2, 0.25) is 11.8 Å². The molecule has 1 aromatic heterocycles. The summed E-state index contributed by atoms with van der Waals surface area (Å²) in [7, 11) is 1.59. The van der Waals surface area contributed by atoms with E-state index in [2.05, 4.69) is 22.2 Å². The number of nitrogens with two attached hydrogens (primary N) is 1. The molecule has 1 unspecified atom stereocenters. The smallest absolute Gasteiger partial charge is 0.226 e. The topological polar surface area (TPSA) is 73.1 Å². The third kappa shape index (κ3) is 4.02. The second kappa shape index (κ2) is 7.00. The standard InChI is InChI=1S/C11H20N4O/c1-3-4-5-9(8-12)14-11-13-7-6-10(15-11)16-2/h6-7,9H,3-5,8,12H2,1-2H3,(H,13,14,15). The summed E-state index contributed by atoms with van der Waals surface area (Å²) in [5, 5.41) is 3.21. The van der Waals surface area contributed by atoms with Gasteiger partial charge in [-0.3, -0.25) is 0 Å². The van der Waals surface area contributed by atoms with Gasteiger partial charge in [-0.05, 0) is 6.42 Å². The van der Waals surface area contributed by atoms with Gasteiger partial charge in [0.1, 0.15) is 0 Å². The molecule has 1 atom stereocenters. The van der Waals surface area contributed by atoms with Crippen LogP contribution < -0.4 is 15.8 Å². The molecule has 1 rings (SSSR count). The number of unbranched alkanes of at least 4 members (excludes halogenated alkanes) is 1. The van der Waals surface area contributed by atoms with Crippen molar-refractivity contribution in [3.63, 3.8) is 0 Å². The molecule has 0 spiro atoms. The monoisotopic (exact) mass is 224 g/mol. The highest BCUT2D eigenvalue weighted by Crippen LogP contribution is 2.10. The van der Waals surface area contributed by atoms with E-state index < -0.39 is 0 Å². The minimum Gasteiger partial charge on any atom is -0.481 e. The molecule has 0 aromatic carbocycles. The van der Waals surface area contributed by atoms with Gasteiger partial charge in [0.25, 0.3) is 0 Å². The number of rotatable bonds is 7. The van der Waals surface area contributed by atoms with E-state index in [0.29, 0.717) is 18.4 Å². The number of ether oxygens (including phenoxy) is 1. The van der Waals surface area contributed by atoms with Gasteiger partial charge in [-0.25, -0.2) is 4.98 Å². The van der Waals surface area contributed by atoms with E-state index in [1.807, 2.05) is 0 Å². The normalized spacial score (nSPS) is 12.2. The minimum absolute atomic E-state index is 0.229. The highest BCUT2D eigenvalue weighted by molar-refractivity contribution is 5.28. The van der Waals surface area contributed by atoms with Crippen LogP contribution in [-0.2, 0) is 0 Å². The fourth-order valence-electron chi connectivity index (χ4n) is 1.41. The first-order chi connectivity index (χ1) is 7.80. The fourth-order valence-corrected chi connectivity index (χ4v) is 1.41. The first kappa shape index (κ1) is 12.7. The Morgan fingerprint density at radius 3 is 3.00 bits per heavy atom. The van der Waals surface area contributed by atoms with Crippen LogP contribution >= 0.6 is 0 Å². The van der Waals surface area contributed by atoms with Crippen LogP contribution in [0.1, 0.15) is 26.2 Å². The van der Waals surface area contributed by atoms with Crippen LogP contribution in [0.5, 0.6) is 5.88 Å². The van der Waals surface area contributed by atoms with Crippen LogP contribution in [0.3, 0.4) is 0 Å². The molecule has 0 radical (unpaired) electrons. The molecule has 5 nitrogen and oxygen atoms in total. The van der Waals surface area contributed by atoms with Crippen molar-refractivity contribution in [1.82, 2.24) is 9.97 Å². The molecule has 5 heteroatoms. The molecule has 0 amide bonds. The quantitative estimate of drug-likeness (QED) is 0.732. The van der Waals surface area contributed by atoms with Gasteiger partial charge in [0, 0.05) is 24.8 Å². The number of anilines is 1. The summed E-state index contributed by atoms with van der Waals surface area (Å²) in [5.74, 6) is 1.13. The predicted octanol–water partition coefficient (Wildman–Crippen LogP) is 1.41. The van der Waals surface area contributed by atoms with Crippen molar-refractivity contribution in [3.8, 4) is 5.88 Å². The molecule has 0 bridgehead atoms. The summed E-state index contributed by atoms with van der Waals surface area (Å²) in [6.07, 6.45) is 5.02. The second-order valence-corrected chi connectivity index (χ2v) is 3.64. The maximum atomic E-state index is 5.68. The highest BCUT2D eigenvalue weighted by atomic mass is 16.5. The number of aromatic nitrogens is 2. The average Bonchev–Trinajstić information content (AvgIpc) is 2.34. The van der Waals surface area contributed by atoms with Gasteiger partial charge in [-0.15, -0.1) is 0 Å². The lowest BCUT2D eigenvalue weighted by Gasteiger charge is -2.16. The Labute approximate surface area is 96.4 Å². The number of nitrogens with one attached hydrogen (secondary N) is 1. The van der Waals surface area contributed by atoms with E-state index >= 15 is 0 Å². The molecule has 1 heterocycles. The van der Waals surface area contributed by atoms with Crippen LogP contribution in [0.4, 0.5) is 5.95 Å². The molecular weight excluding hydrogens is 204 g/mol. The van der Waals surface area contributed by atoms with Gasteiger partial charge in [-0.1, -0.05) is 19.8 Å². The summed E-state index contributed by atoms with van der Waals surface area (Å²) in [4.78, 5) is 8.31. The maximum absolute atomic E-state index is 5.68. The van der Waals surface area contributed by atoms with Gasteiger partial charge in [0.05, 0.1) is 7.11 Å². The van der Waals surface area contributed by atoms with E-state index in [1.54, 1.807) is 19.4 Å². The van der Waals surface area contributed by atoms with Crippen LogP contribution in [0.25, 0.3) is 0 Å². The van der Waals surface area contributed by atoms with Gasteiger partial charge in [0.15, 0.2) is 0 Å². The van der Waals surface area contributed by atoms with Crippen LogP contribution in [0, 0.1) is 0 Å². The van der Waals surface area contributed by atoms with Gasteiger partial charge >= 0.3 is 0 Å². The van der Waals surface area contributed by atoms with E-state index in [1.165, 1.54) is 0 Å². The van der Waals surface area contributed by atoms with E-state index in [0.717, 1.165) is 19.3 Å². The molecule has 1 aromatic rings. The minimum atomic E-state index is 0.229. The number of nitrogens with zero attached hydrogens (tertiary/aromatic N) is 2. The second-order valence-electron chi connectivity index (χ2n) is 3.64. The summed E-state index contributed by atoms with van der Waals surface area (Å²) in [5.41, 5.74) is 5.68. The zero-order chi connectivity index (χ0) is 11.8. The molecule has 16 heavy (non-hydrogen) atoms. The molecule has 0 saturated carbocycles. The molecule has 90 valence electrons. The van der Waals surface area contributed by atoms with Crippen molar-refractivity contribution < 1.29 is 4.74 Å². The van der Waals surface area contributed by atoms with Gasteiger partial charge < -0.3 is 15.8 Å². The Morgan fingerprint density at radius 1 is 1.56 bits per heavy atom. The lowest BCUT2D eigenvalue weighted by atomic mass is 10.1. The van der Waals surface area contributed by atoms with Crippen molar-refractivity contribution in [1.29, 1.82) is 0 Å². The van der Waals surface area contributed by atoms with Crippen molar-refractivity contribution in [2.24, 2.45) is 5.73 Å².